The summed E-state index contributed by atoms with van der Waals surface area (Å²) in [7, 11) is 0. The molecule has 0 saturated carbocycles. The molecule has 0 fully saturated rings. The summed E-state index contributed by atoms with van der Waals surface area (Å²) in [4.78, 5) is 0. The minimum absolute atomic E-state index is 0.228. The Balaban J connectivity index is 0.000000172. The molecule has 0 aliphatic heterocycles. The molecule has 0 aliphatic rings. The molecule has 0 spiro atoms. The van der Waals surface area contributed by atoms with Crippen LogP contribution in [0.25, 0.3) is 0 Å². The maximum absolute atomic E-state index is 5.67. The second-order valence-electron chi connectivity index (χ2n) is 17.2. The topological polar surface area (TPSA) is 55.4 Å². The van der Waals surface area contributed by atoms with Crippen LogP contribution in [0, 0.1) is 55.4 Å². The molecule has 6 nitrogen and oxygen atoms in total. The normalized spacial score (nSPS) is 10.1. The minimum atomic E-state index is 0.228. The summed E-state index contributed by atoms with van der Waals surface area (Å²) in [5.41, 5.74) is 12.8. The van der Waals surface area contributed by atoms with Crippen molar-refractivity contribution in [3.05, 3.63) is 250 Å². The van der Waals surface area contributed by atoms with E-state index < -0.39 is 0 Å². The molecule has 0 atom stereocenters. The molecular formula is C63H70O6. The van der Waals surface area contributed by atoms with Crippen molar-refractivity contribution in [1.82, 2.24) is 0 Å². The Morgan fingerprint density at radius 1 is 0.217 bits per heavy atom. The Hall–Kier alpha value is -7.44. The highest BCUT2D eigenvalue weighted by molar-refractivity contribution is 5.32. The van der Waals surface area contributed by atoms with Gasteiger partial charge in [0.1, 0.15) is 34.5 Å². The fourth-order valence-electron chi connectivity index (χ4n) is 6.37. The standard InChI is InChI=1S/C18H22O2.2C15H16O2.C15H16/c1-15-5-9-17(10-6-15)19-13-3-4-14-20-18-11-7-16(2)8-12-18;2*1-12-3-7-14(8-4-12)16-11-17-15-9-5-13(2)6-10-15;1-12-3-7-14(8-4-12)11-15-9-5-13(2)6-10-15/h5-12H,3-4,13-14H2,1-2H3;2*3-10H,11H2,1-2H3;3-10H,11H2,1-2H3. The van der Waals surface area contributed by atoms with Crippen molar-refractivity contribution >= 4 is 0 Å². The molecule has 8 aromatic rings. The van der Waals surface area contributed by atoms with E-state index in [1.165, 1.54) is 55.6 Å². The number of ether oxygens (including phenoxy) is 6. The molecule has 0 unspecified atom stereocenters. The van der Waals surface area contributed by atoms with Gasteiger partial charge in [0.15, 0.2) is 0 Å². The molecule has 0 aromatic heterocycles. The van der Waals surface area contributed by atoms with Crippen LogP contribution in [0.3, 0.4) is 0 Å². The van der Waals surface area contributed by atoms with E-state index in [0.717, 1.165) is 67.0 Å². The van der Waals surface area contributed by atoms with Crippen molar-refractivity contribution in [2.24, 2.45) is 0 Å². The first-order chi connectivity index (χ1) is 33.4. The number of aryl methyl sites for hydroxylation is 8. The van der Waals surface area contributed by atoms with Crippen LogP contribution in [-0.4, -0.2) is 26.8 Å². The zero-order valence-corrected chi connectivity index (χ0v) is 41.9. The molecule has 0 amide bonds. The molecule has 0 N–H and O–H groups in total. The first-order valence-electron chi connectivity index (χ1n) is 23.7. The highest BCUT2D eigenvalue weighted by atomic mass is 16.7. The van der Waals surface area contributed by atoms with Gasteiger partial charge >= 0.3 is 0 Å². The van der Waals surface area contributed by atoms with Crippen molar-refractivity contribution in [3.8, 4) is 34.5 Å². The smallest absolute Gasteiger partial charge is 0.230 e. The van der Waals surface area contributed by atoms with E-state index in [9.17, 15) is 0 Å². The first kappa shape index (κ1) is 52.5. The second kappa shape index (κ2) is 29.3. The van der Waals surface area contributed by atoms with Gasteiger partial charge in [0.25, 0.3) is 0 Å². The van der Waals surface area contributed by atoms with Crippen LogP contribution < -0.4 is 28.4 Å². The summed E-state index contributed by atoms with van der Waals surface area (Å²) in [5, 5.41) is 0. The van der Waals surface area contributed by atoms with Gasteiger partial charge in [0.2, 0.25) is 13.6 Å². The lowest BCUT2D eigenvalue weighted by atomic mass is 10.0. The van der Waals surface area contributed by atoms with Crippen LogP contribution in [0.1, 0.15) is 68.5 Å². The highest BCUT2D eigenvalue weighted by Gasteiger charge is 2.00. The SMILES string of the molecule is Cc1ccc(Cc2ccc(C)cc2)cc1.Cc1ccc(OCCCCOc2ccc(C)cc2)cc1.Cc1ccc(OCOc2ccc(C)cc2)cc1.Cc1ccc(OCOc2ccc(C)cc2)cc1. The Labute approximate surface area is 412 Å². The van der Waals surface area contributed by atoms with E-state index in [1.807, 2.05) is 149 Å². The van der Waals surface area contributed by atoms with Crippen LogP contribution in [0.5, 0.6) is 34.5 Å². The third-order valence-corrected chi connectivity index (χ3v) is 10.8. The van der Waals surface area contributed by atoms with Crippen molar-refractivity contribution in [2.75, 3.05) is 26.8 Å². The van der Waals surface area contributed by atoms with Crippen LogP contribution in [-0.2, 0) is 6.42 Å². The van der Waals surface area contributed by atoms with Crippen LogP contribution in [0.15, 0.2) is 194 Å². The molecule has 0 heterocycles. The highest BCUT2D eigenvalue weighted by Crippen LogP contribution is 2.18. The van der Waals surface area contributed by atoms with Gasteiger partial charge in [-0.1, -0.05) is 166 Å². The van der Waals surface area contributed by atoms with Crippen LogP contribution in [0.4, 0.5) is 0 Å². The van der Waals surface area contributed by atoms with Gasteiger partial charge in [0.05, 0.1) is 13.2 Å². The Bertz CT molecular complexity index is 2310. The van der Waals surface area contributed by atoms with E-state index in [4.69, 9.17) is 28.4 Å². The van der Waals surface area contributed by atoms with E-state index in [-0.39, 0.29) is 13.6 Å². The van der Waals surface area contributed by atoms with Gasteiger partial charge in [-0.25, -0.2) is 0 Å². The van der Waals surface area contributed by atoms with Crippen LogP contribution >= 0.6 is 0 Å². The molecule has 0 bridgehead atoms. The maximum atomic E-state index is 5.67. The maximum Gasteiger partial charge on any atom is 0.230 e. The molecule has 0 radical (unpaired) electrons. The summed E-state index contributed by atoms with van der Waals surface area (Å²) >= 11 is 0. The predicted molar refractivity (Wildman–Crippen MR) is 285 cm³/mol. The third kappa shape index (κ3) is 21.8. The molecule has 0 aliphatic carbocycles. The van der Waals surface area contributed by atoms with E-state index in [2.05, 4.69) is 100 Å². The van der Waals surface area contributed by atoms with Crippen molar-refractivity contribution in [1.29, 1.82) is 0 Å². The summed E-state index contributed by atoms with van der Waals surface area (Å²) in [6.07, 6.45) is 3.03. The number of unbranched alkanes of at least 4 members (excludes halogenated alkanes) is 1. The largest absolute Gasteiger partial charge is 0.494 e. The zero-order valence-electron chi connectivity index (χ0n) is 41.9. The molecule has 358 valence electrons. The van der Waals surface area contributed by atoms with Gasteiger partial charge < -0.3 is 28.4 Å². The number of hydrogen-bond donors (Lipinski definition) is 0. The van der Waals surface area contributed by atoms with Crippen LogP contribution in [0.2, 0.25) is 0 Å². The average Bonchev–Trinajstić information content (AvgIpc) is 3.36. The molecular weight excluding hydrogens is 853 g/mol. The fourth-order valence-corrected chi connectivity index (χ4v) is 6.37. The minimum Gasteiger partial charge on any atom is -0.494 e. The Morgan fingerprint density at radius 2 is 0.391 bits per heavy atom. The van der Waals surface area contributed by atoms with Gasteiger partial charge in [-0.3, -0.25) is 0 Å². The predicted octanol–water partition coefficient (Wildman–Crippen LogP) is 15.9. The monoisotopic (exact) mass is 923 g/mol. The summed E-state index contributed by atoms with van der Waals surface area (Å²) in [6.45, 7) is 18.5. The molecule has 6 heteroatoms. The second-order valence-corrected chi connectivity index (χ2v) is 17.2. The van der Waals surface area contributed by atoms with Gasteiger partial charge in [-0.05, 0) is 159 Å². The fraction of sp³-hybridized carbons (Fsp3) is 0.238. The summed E-state index contributed by atoms with van der Waals surface area (Å²) in [6, 6.07) is 65.4. The molecule has 8 aromatic carbocycles. The van der Waals surface area contributed by atoms with Crippen molar-refractivity contribution in [2.45, 2.75) is 74.7 Å². The average molecular weight is 923 g/mol. The Morgan fingerprint density at radius 3 is 0.594 bits per heavy atom. The van der Waals surface area contributed by atoms with Gasteiger partial charge in [0, 0.05) is 0 Å². The first-order valence-corrected chi connectivity index (χ1v) is 23.7. The van der Waals surface area contributed by atoms with Gasteiger partial charge in [-0.15, -0.1) is 0 Å². The molecule has 69 heavy (non-hydrogen) atoms. The molecule has 8 rings (SSSR count). The Kier molecular flexibility index (Phi) is 22.3. The summed E-state index contributed by atoms with van der Waals surface area (Å²) in [5.74, 6) is 5.17. The lowest BCUT2D eigenvalue weighted by Gasteiger charge is -2.08. The quantitative estimate of drug-likeness (QED) is 0.0670. The van der Waals surface area contributed by atoms with Crippen molar-refractivity contribution in [3.63, 3.8) is 0 Å². The lowest BCUT2D eigenvalue weighted by Crippen LogP contribution is -2.05. The van der Waals surface area contributed by atoms with Crippen molar-refractivity contribution < 1.29 is 28.4 Å². The number of rotatable bonds is 17. The number of benzene rings is 8. The van der Waals surface area contributed by atoms with E-state index >= 15 is 0 Å². The molecule has 0 saturated heterocycles. The van der Waals surface area contributed by atoms with Gasteiger partial charge in [-0.2, -0.15) is 0 Å². The van der Waals surface area contributed by atoms with E-state index in [0.29, 0.717) is 0 Å². The third-order valence-electron chi connectivity index (χ3n) is 10.8. The van der Waals surface area contributed by atoms with E-state index in [1.54, 1.807) is 0 Å². The number of hydrogen-bond acceptors (Lipinski definition) is 6. The lowest BCUT2D eigenvalue weighted by molar-refractivity contribution is 0.119. The zero-order chi connectivity index (χ0) is 49.1. The summed E-state index contributed by atoms with van der Waals surface area (Å²) < 4.78 is 33.2.